The standard InChI is InChI=1S/C20H11N3O5/c24-18(12-4-3-5-14(10-12)23(27)28)13-7-8-15-16(11-13)20(26)22(19(15)25)17-6-1-2-9-21-17/h1-11H. The molecule has 0 fully saturated rings. The predicted octanol–water partition coefficient (Wildman–Crippen LogP) is 3.02. The Labute approximate surface area is 158 Å². The van der Waals surface area contributed by atoms with Crippen molar-refractivity contribution in [2.45, 2.75) is 0 Å². The van der Waals surface area contributed by atoms with Crippen LogP contribution in [0.4, 0.5) is 11.5 Å². The van der Waals surface area contributed by atoms with E-state index in [0.717, 1.165) is 4.90 Å². The van der Waals surface area contributed by atoms with Crippen LogP contribution in [0.5, 0.6) is 0 Å². The van der Waals surface area contributed by atoms with E-state index in [1.54, 1.807) is 12.1 Å². The van der Waals surface area contributed by atoms with E-state index in [4.69, 9.17) is 0 Å². The van der Waals surface area contributed by atoms with Gasteiger partial charge in [0.2, 0.25) is 0 Å². The van der Waals surface area contributed by atoms with Crippen molar-refractivity contribution in [2.24, 2.45) is 0 Å². The zero-order valence-corrected chi connectivity index (χ0v) is 14.2. The molecule has 28 heavy (non-hydrogen) atoms. The van der Waals surface area contributed by atoms with Crippen molar-refractivity contribution in [1.82, 2.24) is 4.98 Å². The molecule has 0 aliphatic carbocycles. The Hall–Kier alpha value is -4.20. The molecule has 1 aromatic heterocycles. The Morgan fingerprint density at radius 1 is 0.893 bits per heavy atom. The summed E-state index contributed by atoms with van der Waals surface area (Å²) in [6.07, 6.45) is 1.47. The number of rotatable bonds is 4. The van der Waals surface area contributed by atoms with Crippen LogP contribution in [0.2, 0.25) is 0 Å². The highest BCUT2D eigenvalue weighted by Crippen LogP contribution is 2.28. The van der Waals surface area contributed by atoms with Crippen molar-refractivity contribution >= 4 is 29.1 Å². The van der Waals surface area contributed by atoms with Crippen LogP contribution in [-0.4, -0.2) is 27.5 Å². The highest BCUT2D eigenvalue weighted by molar-refractivity contribution is 6.34. The number of nitrogens with zero attached hydrogens (tertiary/aromatic N) is 3. The number of anilines is 1. The Bertz CT molecular complexity index is 1160. The van der Waals surface area contributed by atoms with E-state index in [1.165, 1.54) is 54.7 Å². The summed E-state index contributed by atoms with van der Waals surface area (Å²) < 4.78 is 0. The topological polar surface area (TPSA) is 110 Å². The normalized spacial score (nSPS) is 12.8. The molecular formula is C20H11N3O5. The maximum absolute atomic E-state index is 12.7. The summed E-state index contributed by atoms with van der Waals surface area (Å²) in [6, 6.07) is 14.3. The zero-order valence-electron chi connectivity index (χ0n) is 14.2. The molecule has 3 aromatic rings. The van der Waals surface area contributed by atoms with Crippen LogP contribution in [0.3, 0.4) is 0 Å². The van der Waals surface area contributed by atoms with Gasteiger partial charge in [0, 0.05) is 29.5 Å². The molecule has 2 heterocycles. The summed E-state index contributed by atoms with van der Waals surface area (Å²) in [5.74, 6) is -1.39. The van der Waals surface area contributed by atoms with Gasteiger partial charge in [-0.2, -0.15) is 0 Å². The molecule has 0 bridgehead atoms. The fourth-order valence-electron chi connectivity index (χ4n) is 3.00. The number of aromatic nitrogens is 1. The van der Waals surface area contributed by atoms with Crippen LogP contribution in [0.15, 0.2) is 66.9 Å². The summed E-state index contributed by atoms with van der Waals surface area (Å²) in [5, 5.41) is 10.9. The molecule has 136 valence electrons. The fraction of sp³-hybridized carbons (Fsp3) is 0. The molecule has 2 aromatic carbocycles. The van der Waals surface area contributed by atoms with Crippen molar-refractivity contribution < 1.29 is 19.3 Å². The van der Waals surface area contributed by atoms with Gasteiger partial charge in [-0.15, -0.1) is 0 Å². The summed E-state index contributed by atoms with van der Waals surface area (Å²) in [7, 11) is 0. The zero-order chi connectivity index (χ0) is 19.8. The van der Waals surface area contributed by atoms with Crippen molar-refractivity contribution in [1.29, 1.82) is 0 Å². The van der Waals surface area contributed by atoms with Crippen molar-refractivity contribution in [2.75, 3.05) is 4.90 Å². The lowest BCUT2D eigenvalue weighted by atomic mass is 9.99. The predicted molar refractivity (Wildman–Crippen MR) is 98.3 cm³/mol. The molecule has 1 aliphatic heterocycles. The highest BCUT2D eigenvalue weighted by atomic mass is 16.6. The maximum Gasteiger partial charge on any atom is 0.270 e. The Morgan fingerprint density at radius 2 is 1.64 bits per heavy atom. The number of carbonyl (C=O) groups is 3. The SMILES string of the molecule is O=C(c1cccc([N+](=O)[O-])c1)c1ccc2c(c1)C(=O)N(c1ccccn1)C2=O. The number of hydrogen-bond donors (Lipinski definition) is 0. The molecule has 0 saturated heterocycles. The summed E-state index contributed by atoms with van der Waals surface area (Å²) >= 11 is 0. The third-order valence-electron chi connectivity index (χ3n) is 4.35. The van der Waals surface area contributed by atoms with Crippen LogP contribution in [0, 0.1) is 10.1 Å². The molecule has 1 aliphatic rings. The minimum absolute atomic E-state index is 0.0898. The third-order valence-corrected chi connectivity index (χ3v) is 4.35. The van der Waals surface area contributed by atoms with Crippen molar-refractivity contribution in [3.05, 3.63) is 99.2 Å². The number of amides is 2. The monoisotopic (exact) mass is 373 g/mol. The summed E-state index contributed by atoms with van der Waals surface area (Å²) in [4.78, 5) is 53.3. The lowest BCUT2D eigenvalue weighted by molar-refractivity contribution is -0.384. The van der Waals surface area contributed by atoms with Crippen molar-refractivity contribution in [3.63, 3.8) is 0 Å². The summed E-state index contributed by atoms with van der Waals surface area (Å²) in [6.45, 7) is 0. The largest absolute Gasteiger partial charge is 0.289 e. The van der Waals surface area contributed by atoms with E-state index in [1.807, 2.05) is 0 Å². The number of imide groups is 1. The van der Waals surface area contributed by atoms with Gasteiger partial charge >= 0.3 is 0 Å². The number of fused-ring (bicyclic) bond motifs is 1. The van der Waals surface area contributed by atoms with Gasteiger partial charge in [0.15, 0.2) is 5.78 Å². The molecule has 4 rings (SSSR count). The second kappa shape index (κ2) is 6.51. The van der Waals surface area contributed by atoms with Gasteiger partial charge in [-0.05, 0) is 24.3 Å². The van der Waals surface area contributed by atoms with E-state index in [2.05, 4.69) is 4.98 Å². The minimum atomic E-state index is -0.591. The first-order valence-corrected chi connectivity index (χ1v) is 8.20. The smallest absolute Gasteiger partial charge is 0.270 e. The molecular weight excluding hydrogens is 362 g/mol. The van der Waals surface area contributed by atoms with Gasteiger partial charge in [-0.3, -0.25) is 24.5 Å². The molecule has 0 radical (unpaired) electrons. The highest BCUT2D eigenvalue weighted by Gasteiger charge is 2.37. The molecule has 0 spiro atoms. The van der Waals surface area contributed by atoms with Gasteiger partial charge < -0.3 is 0 Å². The number of ketones is 1. The molecule has 2 amide bonds. The number of carbonyl (C=O) groups excluding carboxylic acids is 3. The van der Waals surface area contributed by atoms with Gasteiger partial charge in [0.05, 0.1) is 16.1 Å². The first-order chi connectivity index (χ1) is 13.5. The number of pyridine rings is 1. The number of nitro benzene ring substituents is 1. The fourth-order valence-corrected chi connectivity index (χ4v) is 3.00. The van der Waals surface area contributed by atoms with E-state index in [9.17, 15) is 24.5 Å². The maximum atomic E-state index is 12.7. The van der Waals surface area contributed by atoms with Gasteiger partial charge in [-0.25, -0.2) is 9.88 Å². The average molecular weight is 373 g/mol. The molecule has 0 atom stereocenters. The first kappa shape index (κ1) is 17.2. The third kappa shape index (κ3) is 2.73. The minimum Gasteiger partial charge on any atom is -0.289 e. The lowest BCUT2D eigenvalue weighted by Gasteiger charge is -2.11. The van der Waals surface area contributed by atoms with Gasteiger partial charge in [-0.1, -0.05) is 24.3 Å². The number of benzene rings is 2. The van der Waals surface area contributed by atoms with E-state index < -0.39 is 22.5 Å². The molecule has 0 unspecified atom stereocenters. The van der Waals surface area contributed by atoms with Crippen molar-refractivity contribution in [3.8, 4) is 0 Å². The van der Waals surface area contributed by atoms with E-state index in [-0.39, 0.29) is 33.8 Å². The molecule has 0 N–H and O–H groups in total. The molecule has 8 heteroatoms. The first-order valence-electron chi connectivity index (χ1n) is 8.20. The van der Waals surface area contributed by atoms with Gasteiger partial charge in [0.1, 0.15) is 5.82 Å². The Balaban J connectivity index is 1.72. The van der Waals surface area contributed by atoms with Crippen LogP contribution in [-0.2, 0) is 0 Å². The second-order valence-corrected chi connectivity index (χ2v) is 6.03. The molecule has 0 saturated carbocycles. The summed E-state index contributed by atoms with van der Waals surface area (Å²) in [5.41, 5.74) is 0.327. The van der Waals surface area contributed by atoms with Crippen LogP contribution in [0.25, 0.3) is 0 Å². The number of nitro groups is 1. The number of non-ortho nitro benzene ring substituents is 1. The van der Waals surface area contributed by atoms with Gasteiger partial charge in [0.25, 0.3) is 17.5 Å². The van der Waals surface area contributed by atoms with E-state index in [0.29, 0.717) is 0 Å². The van der Waals surface area contributed by atoms with Crippen LogP contribution in [0.1, 0.15) is 36.6 Å². The second-order valence-electron chi connectivity index (χ2n) is 6.03. The van der Waals surface area contributed by atoms with E-state index >= 15 is 0 Å². The lowest BCUT2D eigenvalue weighted by Crippen LogP contribution is -2.30. The number of hydrogen-bond acceptors (Lipinski definition) is 6. The van der Waals surface area contributed by atoms with Crippen LogP contribution >= 0.6 is 0 Å². The molecule has 8 nitrogen and oxygen atoms in total. The Morgan fingerprint density at radius 3 is 2.36 bits per heavy atom. The quantitative estimate of drug-likeness (QED) is 0.301. The van der Waals surface area contributed by atoms with Crippen LogP contribution < -0.4 is 4.90 Å². The average Bonchev–Trinajstić information content (AvgIpc) is 2.98. The Kier molecular flexibility index (Phi) is 4.00.